The zero-order valence-electron chi connectivity index (χ0n) is 30.5. The molecule has 0 unspecified atom stereocenters. The van der Waals surface area contributed by atoms with Crippen LogP contribution in [-0.4, -0.2) is 59.9 Å². The molecule has 7 rings (SSSR count). The van der Waals surface area contributed by atoms with Crippen LogP contribution >= 0.6 is 0 Å². The number of carbonyl (C=O) groups is 3. The van der Waals surface area contributed by atoms with Crippen molar-refractivity contribution in [3.05, 3.63) is 126 Å². The number of rotatable bonds is 14. The van der Waals surface area contributed by atoms with Gasteiger partial charge in [0.15, 0.2) is 5.60 Å². The number of ether oxygens (including phenoxy) is 1. The van der Waals surface area contributed by atoms with E-state index in [-0.39, 0.29) is 19.1 Å². The van der Waals surface area contributed by atoms with E-state index in [0.717, 1.165) is 24.1 Å². The van der Waals surface area contributed by atoms with Gasteiger partial charge < -0.3 is 18.9 Å². The van der Waals surface area contributed by atoms with Crippen molar-refractivity contribution in [1.82, 2.24) is 15.0 Å². The Balaban J connectivity index is 1.27. The number of halogens is 1. The molecule has 2 aliphatic rings. The highest BCUT2D eigenvalue weighted by Crippen LogP contribution is 2.61. The fourth-order valence-electron chi connectivity index (χ4n) is 8.21. The first-order chi connectivity index (χ1) is 26.1. The molecule has 278 valence electrons. The Kier molecular flexibility index (Phi) is 10.3. The van der Waals surface area contributed by atoms with Crippen LogP contribution in [0.5, 0.6) is 0 Å². The largest absolute Gasteiger partial charge is 0.396 e. The second kappa shape index (κ2) is 15.1. The fourth-order valence-corrected chi connectivity index (χ4v) is 10.8. The van der Waals surface area contributed by atoms with E-state index in [0.29, 0.717) is 53.4 Å². The van der Waals surface area contributed by atoms with Crippen LogP contribution in [0.25, 0.3) is 0 Å². The number of carbonyl (C=O) groups excluding carboxylic acids is 3. The van der Waals surface area contributed by atoms with Crippen LogP contribution in [0, 0.1) is 5.92 Å². The molecule has 1 aromatic heterocycles. The standard InChI is InChI=1S/C41H43FN6O5Si/c1-29-39(54(2,3)42)38(20-22-45-26-31(21-23-49)43-44-45)53-41(29)36-24-35(48(28-51)33-12-8-5-9-13-33)18-19-37(36)46(40(41)52)25-30-14-16-34(17-15-30)47(27-50)32-10-6-4-7-11-32/h4-19,24,26-29,38-39,49H,20-23,25H2,1-3H3/t29-,38+,39-,41+/m0/s1. The molecule has 1 fully saturated rings. The molecule has 0 aliphatic carbocycles. The molecule has 11 nitrogen and oxygen atoms in total. The van der Waals surface area contributed by atoms with E-state index >= 15 is 8.90 Å². The van der Waals surface area contributed by atoms with Gasteiger partial charge in [-0.15, -0.1) is 5.10 Å². The molecule has 1 spiro atoms. The average Bonchev–Trinajstić information content (AvgIpc) is 3.82. The Morgan fingerprint density at radius 3 is 2.07 bits per heavy atom. The summed E-state index contributed by atoms with van der Waals surface area (Å²) in [6.45, 7) is 5.77. The zero-order chi connectivity index (χ0) is 38.0. The Hall–Kier alpha value is -5.50. The fraction of sp³-hybridized carbons (Fsp3) is 0.293. The van der Waals surface area contributed by atoms with Crippen LogP contribution < -0.4 is 14.7 Å². The third kappa shape index (κ3) is 6.74. The molecule has 1 saturated heterocycles. The summed E-state index contributed by atoms with van der Waals surface area (Å²) < 4.78 is 25.2. The van der Waals surface area contributed by atoms with Crippen LogP contribution in [0.3, 0.4) is 0 Å². The molecule has 4 atom stereocenters. The molecule has 1 N–H and O–H groups in total. The molecule has 2 aliphatic heterocycles. The van der Waals surface area contributed by atoms with Crippen LogP contribution in [0.15, 0.2) is 109 Å². The summed E-state index contributed by atoms with van der Waals surface area (Å²) in [6, 6.07) is 31.5. The number of benzene rings is 4. The van der Waals surface area contributed by atoms with Gasteiger partial charge in [0.1, 0.15) is 0 Å². The van der Waals surface area contributed by atoms with Crippen molar-refractivity contribution in [2.24, 2.45) is 5.92 Å². The van der Waals surface area contributed by atoms with Gasteiger partial charge in [0, 0.05) is 65.5 Å². The highest BCUT2D eigenvalue weighted by molar-refractivity contribution is 6.72. The summed E-state index contributed by atoms with van der Waals surface area (Å²) >= 11 is 0. The highest BCUT2D eigenvalue weighted by atomic mass is 28.4. The number of anilines is 5. The summed E-state index contributed by atoms with van der Waals surface area (Å²) in [7, 11) is -3.45. The van der Waals surface area contributed by atoms with Crippen molar-refractivity contribution < 1.29 is 28.3 Å². The minimum Gasteiger partial charge on any atom is -0.396 e. The Morgan fingerprint density at radius 2 is 1.48 bits per heavy atom. The zero-order valence-corrected chi connectivity index (χ0v) is 31.5. The van der Waals surface area contributed by atoms with Crippen molar-refractivity contribution in [3.63, 3.8) is 0 Å². The average molecular weight is 747 g/mol. The number of aromatic nitrogens is 3. The van der Waals surface area contributed by atoms with E-state index in [1.165, 1.54) is 4.90 Å². The summed E-state index contributed by atoms with van der Waals surface area (Å²) in [6.07, 6.45) is 3.43. The normalized spacial score (nSPS) is 20.6. The predicted octanol–water partition coefficient (Wildman–Crippen LogP) is 6.81. The summed E-state index contributed by atoms with van der Waals surface area (Å²) in [5.74, 6) is -0.837. The molecule has 4 aromatic carbocycles. The molecule has 0 radical (unpaired) electrons. The molecule has 3 heterocycles. The lowest BCUT2D eigenvalue weighted by atomic mass is 9.82. The lowest BCUT2D eigenvalue weighted by Crippen LogP contribution is -2.45. The lowest BCUT2D eigenvalue weighted by Gasteiger charge is -2.31. The van der Waals surface area contributed by atoms with Gasteiger partial charge in [0.2, 0.25) is 21.2 Å². The predicted molar refractivity (Wildman–Crippen MR) is 207 cm³/mol. The van der Waals surface area contributed by atoms with Crippen molar-refractivity contribution >= 4 is 55.6 Å². The molecular weight excluding hydrogens is 704 g/mol. The number of aliphatic hydroxyl groups is 1. The number of hydrogen-bond donors (Lipinski definition) is 1. The molecule has 0 bridgehead atoms. The molecule has 5 aromatic rings. The van der Waals surface area contributed by atoms with E-state index in [9.17, 15) is 14.7 Å². The minimum absolute atomic E-state index is 0.0466. The van der Waals surface area contributed by atoms with Gasteiger partial charge in [-0.05, 0) is 79.7 Å². The number of amides is 3. The highest BCUT2D eigenvalue weighted by Gasteiger charge is 2.66. The maximum absolute atomic E-state index is 16.5. The molecule has 13 heteroatoms. The maximum atomic E-state index is 16.5. The number of fused-ring (bicyclic) bond motifs is 2. The van der Waals surface area contributed by atoms with Crippen molar-refractivity contribution in [2.45, 2.75) is 63.2 Å². The number of aliphatic hydroxyl groups excluding tert-OH is 1. The van der Waals surface area contributed by atoms with Crippen molar-refractivity contribution in [2.75, 3.05) is 21.3 Å². The van der Waals surface area contributed by atoms with E-state index < -0.39 is 31.6 Å². The third-order valence-electron chi connectivity index (χ3n) is 10.7. The van der Waals surface area contributed by atoms with Crippen molar-refractivity contribution in [3.8, 4) is 0 Å². The maximum Gasteiger partial charge on any atom is 0.264 e. The summed E-state index contributed by atoms with van der Waals surface area (Å²) in [4.78, 5) is 44.5. The van der Waals surface area contributed by atoms with Gasteiger partial charge >= 0.3 is 0 Å². The molecular formula is C41H43FN6O5Si. The smallest absolute Gasteiger partial charge is 0.264 e. The number of nitrogens with zero attached hydrogens (tertiary/aromatic N) is 6. The molecule has 3 amide bonds. The van der Waals surface area contributed by atoms with Gasteiger partial charge in [0.05, 0.1) is 24.0 Å². The second-order valence-corrected chi connectivity index (χ2v) is 18.2. The summed E-state index contributed by atoms with van der Waals surface area (Å²) in [5, 5.41) is 17.7. The van der Waals surface area contributed by atoms with Gasteiger partial charge in [-0.1, -0.05) is 60.7 Å². The van der Waals surface area contributed by atoms with Crippen LogP contribution in [0.1, 0.15) is 30.2 Å². The Labute approximate surface area is 314 Å². The van der Waals surface area contributed by atoms with Crippen molar-refractivity contribution in [1.29, 1.82) is 0 Å². The first kappa shape index (κ1) is 36.8. The van der Waals surface area contributed by atoms with Gasteiger partial charge in [-0.2, -0.15) is 0 Å². The Bertz CT molecular complexity index is 2110. The van der Waals surface area contributed by atoms with Gasteiger partial charge in [-0.3, -0.25) is 28.9 Å². The SMILES string of the molecule is C[C@H]1[C@H]([Si](C)(C)F)[C@@H](CCn2cc(CCO)nn2)O[C@]12C(=O)N(Cc1ccc(N(C=O)c3ccccc3)cc1)c1ccc(N(C=O)c3ccccc3)cc12. The number of aryl methyl sites for hydroxylation is 1. The minimum atomic E-state index is -3.45. The topological polar surface area (TPSA) is 121 Å². The third-order valence-corrected chi connectivity index (χ3v) is 13.1. The van der Waals surface area contributed by atoms with E-state index in [4.69, 9.17) is 4.74 Å². The van der Waals surface area contributed by atoms with Gasteiger partial charge in [0.25, 0.3) is 5.91 Å². The van der Waals surface area contributed by atoms with Gasteiger partial charge in [-0.25, -0.2) is 0 Å². The van der Waals surface area contributed by atoms with Crippen LogP contribution in [0.4, 0.5) is 32.5 Å². The quantitative estimate of drug-likeness (QED) is 0.0753. The van der Waals surface area contributed by atoms with E-state index in [2.05, 4.69) is 10.3 Å². The first-order valence-corrected chi connectivity index (χ1v) is 21.1. The Morgan fingerprint density at radius 1 is 0.889 bits per heavy atom. The lowest BCUT2D eigenvalue weighted by molar-refractivity contribution is -0.146. The number of hydrogen-bond acceptors (Lipinski definition) is 7. The first-order valence-electron chi connectivity index (χ1n) is 18.1. The van der Waals surface area contributed by atoms with Crippen LogP contribution in [-0.2, 0) is 44.2 Å². The van der Waals surface area contributed by atoms with E-state index in [1.54, 1.807) is 33.8 Å². The number of para-hydroxylation sites is 2. The molecule has 54 heavy (non-hydrogen) atoms. The molecule has 0 saturated carbocycles. The second-order valence-electron chi connectivity index (χ2n) is 14.4. The van der Waals surface area contributed by atoms with Crippen LogP contribution in [0.2, 0.25) is 18.6 Å². The monoisotopic (exact) mass is 746 g/mol. The van der Waals surface area contributed by atoms with E-state index in [1.807, 2.05) is 110 Å². The summed E-state index contributed by atoms with van der Waals surface area (Å²) in [5.41, 5.74) is 3.24.